The molecule has 0 aliphatic rings. The first-order chi connectivity index (χ1) is 9.15. The minimum absolute atomic E-state index is 0.128. The van der Waals surface area contributed by atoms with Crippen LogP contribution in [0.1, 0.15) is 16.3 Å². The molecule has 0 saturated heterocycles. The first kappa shape index (κ1) is 11.3. The van der Waals surface area contributed by atoms with Crippen LogP contribution in [0.4, 0.5) is 0 Å². The van der Waals surface area contributed by atoms with Crippen LogP contribution >= 0.6 is 0 Å². The molecule has 1 aromatic carbocycles. The third-order valence-corrected chi connectivity index (χ3v) is 2.76. The number of nitrogens with zero attached hydrogens (tertiary/aromatic N) is 1. The molecular weight excluding hydrogens is 250 g/mol. The molecule has 19 heavy (non-hydrogen) atoms. The smallest absolute Gasteiger partial charge is 0.420 e. The second-order valence-corrected chi connectivity index (χ2v) is 3.99. The number of rotatable bonds is 3. The number of fused-ring (bicyclic) bond motifs is 1. The normalized spacial score (nSPS) is 10.9. The zero-order chi connectivity index (χ0) is 13.4. The molecule has 6 nitrogen and oxygen atoms in total. The fourth-order valence-electron chi connectivity index (χ4n) is 1.90. The fourth-order valence-corrected chi connectivity index (χ4v) is 1.90. The zero-order valence-electron chi connectivity index (χ0n) is 9.70. The molecule has 0 aliphatic heterocycles. The van der Waals surface area contributed by atoms with Crippen LogP contribution in [-0.2, 0) is 6.54 Å². The van der Waals surface area contributed by atoms with Crippen molar-refractivity contribution in [3.05, 3.63) is 58.5 Å². The van der Waals surface area contributed by atoms with E-state index in [-0.39, 0.29) is 12.3 Å². The van der Waals surface area contributed by atoms with E-state index in [0.717, 1.165) is 0 Å². The van der Waals surface area contributed by atoms with Gasteiger partial charge in [0.05, 0.1) is 12.1 Å². The molecular formula is C13H9NO5. The summed E-state index contributed by atoms with van der Waals surface area (Å²) in [6.45, 7) is 0.128. The standard InChI is InChI=1S/C13H9NO5/c15-12(16)11-6-5-8(18-11)7-14-9-3-1-2-4-10(9)19-13(14)17/h1-6H,7H2,(H,15,16). The van der Waals surface area contributed by atoms with Gasteiger partial charge in [0.2, 0.25) is 5.76 Å². The Bertz CT molecular complexity index is 808. The highest BCUT2D eigenvalue weighted by atomic mass is 16.4. The van der Waals surface area contributed by atoms with Gasteiger partial charge in [-0.3, -0.25) is 4.57 Å². The number of carboxylic acid groups (broad SMARTS) is 1. The van der Waals surface area contributed by atoms with E-state index in [1.807, 2.05) is 0 Å². The van der Waals surface area contributed by atoms with Crippen molar-refractivity contribution >= 4 is 17.1 Å². The summed E-state index contributed by atoms with van der Waals surface area (Å²) in [5, 5.41) is 8.77. The van der Waals surface area contributed by atoms with Gasteiger partial charge < -0.3 is 13.9 Å². The number of furan rings is 1. The zero-order valence-corrected chi connectivity index (χ0v) is 9.70. The van der Waals surface area contributed by atoms with E-state index in [1.54, 1.807) is 24.3 Å². The Balaban J connectivity index is 2.03. The number of carbonyl (C=O) groups is 1. The molecule has 3 rings (SSSR count). The van der Waals surface area contributed by atoms with Crippen LogP contribution in [0.25, 0.3) is 11.1 Å². The van der Waals surface area contributed by atoms with Crippen LogP contribution in [-0.4, -0.2) is 15.6 Å². The van der Waals surface area contributed by atoms with E-state index in [0.29, 0.717) is 16.9 Å². The Morgan fingerprint density at radius 3 is 2.68 bits per heavy atom. The quantitative estimate of drug-likeness (QED) is 0.776. The molecule has 0 fully saturated rings. The van der Waals surface area contributed by atoms with Gasteiger partial charge in [0.25, 0.3) is 0 Å². The number of aromatic carboxylic acids is 1. The lowest BCUT2D eigenvalue weighted by Crippen LogP contribution is -2.14. The Morgan fingerprint density at radius 2 is 1.95 bits per heavy atom. The third kappa shape index (κ3) is 1.93. The first-order valence-electron chi connectivity index (χ1n) is 5.55. The molecule has 0 radical (unpaired) electrons. The maximum absolute atomic E-state index is 11.7. The molecule has 0 amide bonds. The predicted octanol–water partition coefficient (Wildman–Crippen LogP) is 1.93. The fraction of sp³-hybridized carbons (Fsp3) is 0.0769. The summed E-state index contributed by atoms with van der Waals surface area (Å²) in [4.78, 5) is 22.4. The van der Waals surface area contributed by atoms with Crippen molar-refractivity contribution in [2.75, 3.05) is 0 Å². The van der Waals surface area contributed by atoms with E-state index in [1.165, 1.54) is 16.7 Å². The summed E-state index contributed by atoms with van der Waals surface area (Å²) < 4.78 is 11.6. The number of hydrogen-bond donors (Lipinski definition) is 1. The van der Waals surface area contributed by atoms with Crippen molar-refractivity contribution in [3.63, 3.8) is 0 Å². The average molecular weight is 259 g/mol. The molecule has 0 saturated carbocycles. The van der Waals surface area contributed by atoms with Crippen LogP contribution in [0.5, 0.6) is 0 Å². The Hall–Kier alpha value is -2.76. The molecule has 2 heterocycles. The average Bonchev–Trinajstić information content (AvgIpc) is 2.96. The Morgan fingerprint density at radius 1 is 1.16 bits per heavy atom. The summed E-state index contributed by atoms with van der Waals surface area (Å²) >= 11 is 0. The lowest BCUT2D eigenvalue weighted by molar-refractivity contribution is 0.0660. The van der Waals surface area contributed by atoms with Crippen molar-refractivity contribution in [2.24, 2.45) is 0 Å². The van der Waals surface area contributed by atoms with Crippen molar-refractivity contribution in [3.8, 4) is 0 Å². The second kappa shape index (κ2) is 4.16. The molecule has 3 aromatic rings. The summed E-state index contributed by atoms with van der Waals surface area (Å²) in [5.41, 5.74) is 1.12. The maximum atomic E-state index is 11.7. The van der Waals surface area contributed by atoms with Gasteiger partial charge in [-0.15, -0.1) is 0 Å². The molecule has 96 valence electrons. The van der Waals surface area contributed by atoms with Gasteiger partial charge in [-0.25, -0.2) is 9.59 Å². The van der Waals surface area contributed by atoms with E-state index < -0.39 is 11.7 Å². The van der Waals surface area contributed by atoms with Crippen molar-refractivity contribution in [1.82, 2.24) is 4.57 Å². The van der Waals surface area contributed by atoms with Gasteiger partial charge in [-0.2, -0.15) is 0 Å². The largest absolute Gasteiger partial charge is 0.475 e. The van der Waals surface area contributed by atoms with Crippen molar-refractivity contribution < 1.29 is 18.7 Å². The monoisotopic (exact) mass is 259 g/mol. The van der Waals surface area contributed by atoms with Crippen LogP contribution < -0.4 is 5.76 Å². The van der Waals surface area contributed by atoms with Crippen molar-refractivity contribution in [2.45, 2.75) is 6.54 Å². The van der Waals surface area contributed by atoms with E-state index in [2.05, 4.69) is 0 Å². The van der Waals surface area contributed by atoms with E-state index >= 15 is 0 Å². The minimum Gasteiger partial charge on any atom is -0.475 e. The minimum atomic E-state index is -1.14. The molecule has 1 N–H and O–H groups in total. The third-order valence-electron chi connectivity index (χ3n) is 2.76. The SMILES string of the molecule is O=C(O)c1ccc(Cn2c(=O)oc3ccccc32)o1. The molecule has 0 spiro atoms. The number of benzene rings is 1. The van der Waals surface area contributed by atoms with Crippen LogP contribution in [0.15, 0.2) is 50.0 Å². The predicted molar refractivity (Wildman–Crippen MR) is 65.2 cm³/mol. The van der Waals surface area contributed by atoms with Gasteiger partial charge in [0.1, 0.15) is 5.76 Å². The Labute approximate surface area is 106 Å². The first-order valence-corrected chi connectivity index (χ1v) is 5.55. The number of aromatic nitrogens is 1. The highest BCUT2D eigenvalue weighted by Gasteiger charge is 2.13. The Kier molecular flexibility index (Phi) is 2.49. The number of oxazole rings is 1. The highest BCUT2D eigenvalue weighted by Crippen LogP contribution is 2.15. The topological polar surface area (TPSA) is 85.6 Å². The van der Waals surface area contributed by atoms with E-state index in [9.17, 15) is 9.59 Å². The van der Waals surface area contributed by atoms with Crippen LogP contribution in [0.3, 0.4) is 0 Å². The van der Waals surface area contributed by atoms with E-state index in [4.69, 9.17) is 13.9 Å². The van der Waals surface area contributed by atoms with Gasteiger partial charge in [-0.05, 0) is 24.3 Å². The van der Waals surface area contributed by atoms with Gasteiger partial charge in [0, 0.05) is 0 Å². The summed E-state index contributed by atoms with van der Waals surface area (Å²) in [7, 11) is 0. The molecule has 0 bridgehead atoms. The van der Waals surface area contributed by atoms with Gasteiger partial charge >= 0.3 is 11.7 Å². The van der Waals surface area contributed by atoms with Crippen LogP contribution in [0.2, 0.25) is 0 Å². The van der Waals surface area contributed by atoms with Gasteiger partial charge in [-0.1, -0.05) is 12.1 Å². The highest BCUT2D eigenvalue weighted by molar-refractivity contribution is 5.84. The van der Waals surface area contributed by atoms with Crippen molar-refractivity contribution in [1.29, 1.82) is 0 Å². The van der Waals surface area contributed by atoms with Gasteiger partial charge in [0.15, 0.2) is 5.58 Å². The number of hydrogen-bond acceptors (Lipinski definition) is 4. The summed E-state index contributed by atoms with van der Waals surface area (Å²) in [5.74, 6) is -1.42. The lowest BCUT2D eigenvalue weighted by atomic mass is 10.3. The summed E-state index contributed by atoms with van der Waals surface area (Å²) in [6.07, 6.45) is 0. The molecule has 0 atom stereocenters. The molecule has 0 unspecified atom stereocenters. The molecule has 2 aromatic heterocycles. The van der Waals surface area contributed by atoms with Crippen LogP contribution in [0, 0.1) is 0 Å². The maximum Gasteiger partial charge on any atom is 0.420 e. The second-order valence-electron chi connectivity index (χ2n) is 3.99. The molecule has 0 aliphatic carbocycles. The number of carboxylic acids is 1. The number of para-hydroxylation sites is 2. The molecule has 6 heteroatoms. The summed E-state index contributed by atoms with van der Waals surface area (Å²) in [6, 6.07) is 9.88. The lowest BCUT2D eigenvalue weighted by Gasteiger charge is -1.98.